The first-order chi connectivity index (χ1) is 8.08. The van der Waals surface area contributed by atoms with E-state index in [-0.39, 0.29) is 16.7 Å². The molecule has 0 heterocycles. The van der Waals surface area contributed by atoms with Crippen LogP contribution in [0.25, 0.3) is 0 Å². The summed E-state index contributed by atoms with van der Waals surface area (Å²) in [6.45, 7) is 4.94. The Bertz CT molecular complexity index is 396. The topological polar surface area (TPSA) is 55.2 Å². The summed E-state index contributed by atoms with van der Waals surface area (Å²) in [7, 11) is 0. The standard InChI is InChI=1S/C12H17ClN2O2/c1-3-11(14-4-2)8-9-7-10(13)5-6-12(9)15(16)17/h5-7,11,14H,3-4,8H2,1-2H3. The van der Waals surface area contributed by atoms with Crippen LogP contribution in [0.1, 0.15) is 25.8 Å². The summed E-state index contributed by atoms with van der Waals surface area (Å²) < 4.78 is 0. The summed E-state index contributed by atoms with van der Waals surface area (Å²) >= 11 is 5.88. The zero-order chi connectivity index (χ0) is 12.8. The van der Waals surface area contributed by atoms with Gasteiger partial charge in [-0.2, -0.15) is 0 Å². The Morgan fingerprint density at radius 1 is 1.47 bits per heavy atom. The molecule has 0 saturated heterocycles. The first kappa shape index (κ1) is 13.9. The van der Waals surface area contributed by atoms with Crippen LogP contribution in [0.2, 0.25) is 5.02 Å². The Labute approximate surface area is 106 Å². The lowest BCUT2D eigenvalue weighted by Crippen LogP contribution is -2.30. The Balaban J connectivity index is 2.94. The summed E-state index contributed by atoms with van der Waals surface area (Å²) in [4.78, 5) is 10.5. The van der Waals surface area contributed by atoms with E-state index >= 15 is 0 Å². The molecule has 0 aliphatic carbocycles. The first-order valence-electron chi connectivity index (χ1n) is 5.74. The summed E-state index contributed by atoms with van der Waals surface area (Å²) in [5, 5.41) is 14.7. The maximum absolute atomic E-state index is 10.9. The van der Waals surface area contributed by atoms with Crippen LogP contribution < -0.4 is 5.32 Å². The molecule has 0 aliphatic rings. The number of hydrogen-bond donors (Lipinski definition) is 1. The van der Waals surface area contributed by atoms with Gasteiger partial charge in [0.1, 0.15) is 0 Å². The average molecular weight is 257 g/mol. The van der Waals surface area contributed by atoms with Gasteiger partial charge in [-0.25, -0.2) is 0 Å². The van der Waals surface area contributed by atoms with Crippen molar-refractivity contribution < 1.29 is 4.92 Å². The number of rotatable bonds is 6. The van der Waals surface area contributed by atoms with Crippen LogP contribution in [-0.4, -0.2) is 17.5 Å². The molecule has 1 aromatic carbocycles. The van der Waals surface area contributed by atoms with Gasteiger partial charge in [0.15, 0.2) is 0 Å². The molecule has 1 aromatic rings. The maximum Gasteiger partial charge on any atom is 0.272 e. The van der Waals surface area contributed by atoms with Crippen LogP contribution in [0.15, 0.2) is 18.2 Å². The van der Waals surface area contributed by atoms with Crippen molar-refractivity contribution in [3.05, 3.63) is 38.9 Å². The lowest BCUT2D eigenvalue weighted by Gasteiger charge is -2.15. The molecule has 1 rings (SSSR count). The number of nitrogens with one attached hydrogen (secondary N) is 1. The maximum atomic E-state index is 10.9. The van der Waals surface area contributed by atoms with Crippen molar-refractivity contribution in [3.63, 3.8) is 0 Å². The second kappa shape index (κ2) is 6.57. The normalized spacial score (nSPS) is 12.4. The van der Waals surface area contributed by atoms with Crippen LogP contribution in [0, 0.1) is 10.1 Å². The Morgan fingerprint density at radius 2 is 2.18 bits per heavy atom. The lowest BCUT2D eigenvalue weighted by atomic mass is 10.0. The number of nitrogens with zero attached hydrogens (tertiary/aromatic N) is 1. The van der Waals surface area contributed by atoms with Gasteiger partial charge in [-0.05, 0) is 31.5 Å². The highest BCUT2D eigenvalue weighted by Crippen LogP contribution is 2.24. The van der Waals surface area contributed by atoms with Gasteiger partial charge in [0.25, 0.3) is 5.69 Å². The van der Waals surface area contributed by atoms with Gasteiger partial charge in [-0.3, -0.25) is 10.1 Å². The minimum atomic E-state index is -0.357. The van der Waals surface area contributed by atoms with E-state index in [4.69, 9.17) is 11.6 Å². The quantitative estimate of drug-likeness (QED) is 0.628. The van der Waals surface area contributed by atoms with E-state index in [1.807, 2.05) is 6.92 Å². The smallest absolute Gasteiger partial charge is 0.272 e. The molecule has 17 heavy (non-hydrogen) atoms. The van der Waals surface area contributed by atoms with Crippen LogP contribution >= 0.6 is 11.6 Å². The van der Waals surface area contributed by atoms with Crippen molar-refractivity contribution >= 4 is 17.3 Å². The second-order valence-electron chi connectivity index (χ2n) is 3.90. The lowest BCUT2D eigenvalue weighted by molar-refractivity contribution is -0.385. The molecule has 0 saturated carbocycles. The molecule has 1 N–H and O–H groups in total. The van der Waals surface area contributed by atoms with Gasteiger partial charge < -0.3 is 5.32 Å². The molecule has 0 radical (unpaired) electrons. The zero-order valence-corrected chi connectivity index (χ0v) is 10.8. The third-order valence-electron chi connectivity index (χ3n) is 2.69. The number of nitro groups is 1. The summed E-state index contributed by atoms with van der Waals surface area (Å²) in [6.07, 6.45) is 1.55. The average Bonchev–Trinajstić information content (AvgIpc) is 2.28. The van der Waals surface area contributed by atoms with Gasteiger partial charge in [-0.15, -0.1) is 0 Å². The molecule has 0 amide bonds. The van der Waals surface area contributed by atoms with E-state index in [2.05, 4.69) is 12.2 Å². The summed E-state index contributed by atoms with van der Waals surface area (Å²) in [5.41, 5.74) is 0.834. The summed E-state index contributed by atoms with van der Waals surface area (Å²) in [5.74, 6) is 0. The van der Waals surface area contributed by atoms with E-state index in [0.29, 0.717) is 17.0 Å². The predicted molar refractivity (Wildman–Crippen MR) is 69.6 cm³/mol. The van der Waals surface area contributed by atoms with Gasteiger partial charge >= 0.3 is 0 Å². The molecule has 94 valence electrons. The molecule has 0 spiro atoms. The first-order valence-corrected chi connectivity index (χ1v) is 6.12. The minimum absolute atomic E-state index is 0.144. The van der Waals surface area contributed by atoms with Crippen molar-refractivity contribution in [2.75, 3.05) is 6.54 Å². The number of halogens is 1. The molecule has 0 aromatic heterocycles. The molecule has 0 aliphatic heterocycles. The largest absolute Gasteiger partial charge is 0.314 e. The molecule has 5 heteroatoms. The van der Waals surface area contributed by atoms with Gasteiger partial charge in [0, 0.05) is 22.7 Å². The van der Waals surface area contributed by atoms with E-state index in [9.17, 15) is 10.1 Å². The Morgan fingerprint density at radius 3 is 2.71 bits per heavy atom. The Kier molecular flexibility index (Phi) is 5.38. The Hall–Kier alpha value is -1.13. The van der Waals surface area contributed by atoms with Crippen molar-refractivity contribution in [1.29, 1.82) is 0 Å². The fourth-order valence-corrected chi connectivity index (χ4v) is 2.01. The summed E-state index contributed by atoms with van der Waals surface area (Å²) in [6, 6.07) is 4.95. The van der Waals surface area contributed by atoms with Crippen LogP contribution in [0.5, 0.6) is 0 Å². The van der Waals surface area contributed by atoms with Gasteiger partial charge in [-0.1, -0.05) is 25.4 Å². The number of nitro benzene ring substituents is 1. The third-order valence-corrected chi connectivity index (χ3v) is 2.93. The molecule has 0 bridgehead atoms. The number of likely N-dealkylation sites (N-methyl/N-ethyl adjacent to an activating group) is 1. The second-order valence-corrected chi connectivity index (χ2v) is 4.33. The minimum Gasteiger partial charge on any atom is -0.314 e. The highest BCUT2D eigenvalue weighted by Gasteiger charge is 2.17. The van der Waals surface area contributed by atoms with Gasteiger partial charge in [0.2, 0.25) is 0 Å². The number of benzene rings is 1. The van der Waals surface area contributed by atoms with Crippen molar-refractivity contribution in [1.82, 2.24) is 5.32 Å². The highest BCUT2D eigenvalue weighted by atomic mass is 35.5. The van der Waals surface area contributed by atoms with Crippen LogP contribution in [-0.2, 0) is 6.42 Å². The van der Waals surface area contributed by atoms with E-state index in [1.165, 1.54) is 6.07 Å². The predicted octanol–water partition coefficient (Wildman–Crippen LogP) is 3.18. The zero-order valence-electron chi connectivity index (χ0n) is 10.1. The fraction of sp³-hybridized carbons (Fsp3) is 0.500. The molecule has 4 nitrogen and oxygen atoms in total. The SMILES string of the molecule is CCNC(CC)Cc1cc(Cl)ccc1[N+](=O)[O-]. The highest BCUT2D eigenvalue weighted by molar-refractivity contribution is 6.30. The molecule has 1 atom stereocenters. The van der Waals surface area contributed by atoms with Gasteiger partial charge in [0.05, 0.1) is 4.92 Å². The third kappa shape index (κ3) is 3.98. The molecule has 1 unspecified atom stereocenters. The van der Waals surface area contributed by atoms with Crippen LogP contribution in [0.4, 0.5) is 5.69 Å². The monoisotopic (exact) mass is 256 g/mol. The van der Waals surface area contributed by atoms with E-state index in [0.717, 1.165) is 13.0 Å². The van der Waals surface area contributed by atoms with Crippen molar-refractivity contribution in [3.8, 4) is 0 Å². The van der Waals surface area contributed by atoms with Crippen molar-refractivity contribution in [2.24, 2.45) is 0 Å². The van der Waals surface area contributed by atoms with E-state index in [1.54, 1.807) is 12.1 Å². The van der Waals surface area contributed by atoms with Crippen LogP contribution in [0.3, 0.4) is 0 Å². The molecular weight excluding hydrogens is 240 g/mol. The molecule has 0 fully saturated rings. The number of hydrogen-bond acceptors (Lipinski definition) is 3. The fourth-order valence-electron chi connectivity index (χ4n) is 1.81. The molecular formula is C12H17ClN2O2. The van der Waals surface area contributed by atoms with E-state index < -0.39 is 0 Å². The van der Waals surface area contributed by atoms with Crippen molar-refractivity contribution in [2.45, 2.75) is 32.7 Å².